The lowest BCUT2D eigenvalue weighted by Gasteiger charge is -2.26. The number of nitrogens with zero attached hydrogens (tertiary/aromatic N) is 3. The summed E-state index contributed by atoms with van der Waals surface area (Å²) in [6.45, 7) is 3.44. The van der Waals surface area contributed by atoms with Crippen molar-refractivity contribution in [2.45, 2.75) is 55.8 Å². The van der Waals surface area contributed by atoms with Gasteiger partial charge in [0, 0.05) is 5.69 Å². The smallest absolute Gasteiger partial charge is 0.328 e. The Labute approximate surface area is 198 Å². The third-order valence-electron chi connectivity index (χ3n) is 6.15. The number of sulfone groups is 1. The maximum Gasteiger partial charge on any atom is 0.328 e. The average molecular weight is 482 g/mol. The zero-order valence-corrected chi connectivity index (χ0v) is 19.9. The third kappa shape index (κ3) is 4.58. The molecule has 2 aromatic carbocycles. The van der Waals surface area contributed by atoms with Crippen molar-refractivity contribution in [3.8, 4) is 0 Å². The molecule has 0 radical (unpaired) electrons. The minimum absolute atomic E-state index is 0.0437. The van der Waals surface area contributed by atoms with E-state index in [1.165, 1.54) is 0 Å². The number of aromatic nitrogens is 3. The first-order valence-electron chi connectivity index (χ1n) is 11.0. The van der Waals surface area contributed by atoms with E-state index in [0.717, 1.165) is 16.8 Å². The van der Waals surface area contributed by atoms with E-state index in [2.05, 4.69) is 20.3 Å². The molecular formula is C24H27N5O4S. The van der Waals surface area contributed by atoms with E-state index in [1.807, 2.05) is 44.2 Å². The van der Waals surface area contributed by atoms with Crippen LogP contribution in [0.2, 0.25) is 0 Å². The second kappa shape index (κ2) is 9.38. The number of aryl methyl sites for hydroxylation is 2. The fraction of sp³-hybridized carbons (Fsp3) is 0.333. The topological polar surface area (TPSA) is 137 Å². The molecule has 4 rings (SSSR count). The van der Waals surface area contributed by atoms with E-state index < -0.39 is 20.6 Å². The van der Waals surface area contributed by atoms with Crippen molar-refractivity contribution in [1.29, 1.82) is 0 Å². The van der Waals surface area contributed by atoms with E-state index >= 15 is 0 Å². The minimum atomic E-state index is -3.96. The second-order valence-corrected chi connectivity index (χ2v) is 10.7. The zero-order valence-electron chi connectivity index (χ0n) is 19.1. The predicted molar refractivity (Wildman–Crippen MR) is 128 cm³/mol. The van der Waals surface area contributed by atoms with Crippen molar-refractivity contribution in [3.63, 3.8) is 0 Å². The van der Waals surface area contributed by atoms with Crippen molar-refractivity contribution in [1.82, 2.24) is 15.0 Å². The maximum atomic E-state index is 13.6. The van der Waals surface area contributed by atoms with E-state index in [-0.39, 0.29) is 42.1 Å². The van der Waals surface area contributed by atoms with Gasteiger partial charge in [-0.3, -0.25) is 4.79 Å². The molecule has 1 aliphatic carbocycles. The van der Waals surface area contributed by atoms with Crippen LogP contribution in [-0.4, -0.2) is 34.1 Å². The number of hydrogen-bond donors (Lipinski definition) is 2. The number of para-hydroxylation sites is 1. The number of esters is 1. The zero-order chi connectivity index (χ0) is 24.3. The molecule has 1 aromatic heterocycles. The first-order chi connectivity index (χ1) is 16.2. The van der Waals surface area contributed by atoms with Crippen LogP contribution < -0.4 is 11.1 Å². The minimum Gasteiger partial charge on any atom is -0.456 e. The van der Waals surface area contributed by atoms with Gasteiger partial charge in [0.1, 0.15) is 0 Å². The average Bonchev–Trinajstić information content (AvgIpc) is 3.32. The van der Waals surface area contributed by atoms with E-state index in [1.54, 1.807) is 18.2 Å². The molecule has 34 heavy (non-hydrogen) atoms. The summed E-state index contributed by atoms with van der Waals surface area (Å²) in [4.78, 5) is 25.7. The maximum absolute atomic E-state index is 13.6. The molecule has 1 saturated carbocycles. The number of ether oxygens (including phenoxy) is 1. The highest BCUT2D eigenvalue weighted by molar-refractivity contribution is 7.93. The molecule has 0 spiro atoms. The lowest BCUT2D eigenvalue weighted by molar-refractivity contribution is -0.148. The lowest BCUT2D eigenvalue weighted by atomic mass is 10.1. The summed E-state index contributed by atoms with van der Waals surface area (Å²) in [6.07, 6.45) is 1.68. The van der Waals surface area contributed by atoms with E-state index in [9.17, 15) is 13.2 Å². The van der Waals surface area contributed by atoms with Crippen LogP contribution in [-0.2, 0) is 26.0 Å². The summed E-state index contributed by atoms with van der Waals surface area (Å²) in [5, 5.41) is 3.01. The van der Waals surface area contributed by atoms with Gasteiger partial charge in [0.2, 0.25) is 11.9 Å². The number of carbonyl (C=O) groups is 1. The summed E-state index contributed by atoms with van der Waals surface area (Å²) in [5.41, 5.74) is 8.38. The monoisotopic (exact) mass is 481 g/mol. The summed E-state index contributed by atoms with van der Waals surface area (Å²) >= 11 is 0. The van der Waals surface area contributed by atoms with Crippen molar-refractivity contribution >= 4 is 33.4 Å². The van der Waals surface area contributed by atoms with Gasteiger partial charge < -0.3 is 15.8 Å². The van der Waals surface area contributed by atoms with Gasteiger partial charge in [0.15, 0.2) is 27.0 Å². The van der Waals surface area contributed by atoms with E-state index in [4.69, 9.17) is 10.5 Å². The fourth-order valence-electron chi connectivity index (χ4n) is 4.11. The van der Waals surface area contributed by atoms with Gasteiger partial charge in [0.05, 0.1) is 4.90 Å². The number of nitrogen functional groups attached to an aromatic ring is 1. The second-order valence-electron chi connectivity index (χ2n) is 8.45. The van der Waals surface area contributed by atoms with Crippen LogP contribution in [0.25, 0.3) is 0 Å². The van der Waals surface area contributed by atoms with E-state index in [0.29, 0.717) is 12.8 Å². The summed E-state index contributed by atoms with van der Waals surface area (Å²) in [7, 11) is -3.96. The van der Waals surface area contributed by atoms with Crippen LogP contribution >= 0.6 is 0 Å². The van der Waals surface area contributed by atoms with Crippen molar-refractivity contribution in [2.75, 3.05) is 11.1 Å². The van der Waals surface area contributed by atoms with Crippen LogP contribution in [0.15, 0.2) is 53.4 Å². The molecule has 1 fully saturated rings. The van der Waals surface area contributed by atoms with Crippen molar-refractivity contribution in [2.24, 2.45) is 0 Å². The standard InChI is InChI=1S/C24H27N5O4S/c1-16-10-11-19(14-17(16)2)34(31,32)24(12-6-7-13-24)21(30)33-15-20-27-22(25)29-23(28-20)26-18-8-4-3-5-9-18/h3-5,8-11,14H,6-7,12-13,15H2,1-2H3,(H3,25,26,27,28,29). The van der Waals surface area contributed by atoms with Crippen molar-refractivity contribution < 1.29 is 17.9 Å². The first kappa shape index (κ1) is 23.6. The number of nitrogens with two attached hydrogens (primary N) is 1. The molecule has 0 atom stereocenters. The molecule has 0 saturated heterocycles. The van der Waals surface area contributed by atoms with Crippen LogP contribution in [0.3, 0.4) is 0 Å². The Kier molecular flexibility index (Phi) is 6.52. The molecule has 0 bridgehead atoms. The number of anilines is 3. The number of nitrogens with one attached hydrogen (secondary N) is 1. The molecule has 0 aliphatic heterocycles. The van der Waals surface area contributed by atoms with Gasteiger partial charge in [-0.25, -0.2) is 8.42 Å². The molecule has 178 valence electrons. The van der Waals surface area contributed by atoms with Gasteiger partial charge in [-0.15, -0.1) is 0 Å². The highest BCUT2D eigenvalue weighted by atomic mass is 32.2. The van der Waals surface area contributed by atoms with Gasteiger partial charge in [0.25, 0.3) is 0 Å². The largest absolute Gasteiger partial charge is 0.456 e. The molecule has 1 aliphatic rings. The van der Waals surface area contributed by atoms with Crippen molar-refractivity contribution in [3.05, 3.63) is 65.5 Å². The number of carbonyl (C=O) groups excluding carboxylic acids is 1. The summed E-state index contributed by atoms with van der Waals surface area (Å²) in [6, 6.07) is 14.2. The number of rotatable bonds is 7. The molecule has 0 amide bonds. The highest BCUT2D eigenvalue weighted by Gasteiger charge is 2.54. The Balaban J connectivity index is 1.55. The Morgan fingerprint density at radius 1 is 1.03 bits per heavy atom. The number of benzene rings is 2. The van der Waals surface area contributed by atoms with Gasteiger partial charge in [-0.05, 0) is 62.1 Å². The van der Waals surface area contributed by atoms with Crippen LogP contribution in [0.5, 0.6) is 0 Å². The SMILES string of the molecule is Cc1ccc(S(=O)(=O)C2(C(=O)OCc3nc(N)nc(Nc4ccccc4)n3)CCCC2)cc1C. The molecule has 3 N–H and O–H groups in total. The molecule has 3 aromatic rings. The fourth-order valence-corrected chi connectivity index (χ4v) is 6.24. The Morgan fingerprint density at radius 2 is 1.74 bits per heavy atom. The van der Waals surface area contributed by atoms with Gasteiger partial charge in [-0.2, -0.15) is 15.0 Å². The quantitative estimate of drug-likeness (QED) is 0.484. The summed E-state index contributed by atoms with van der Waals surface area (Å²) in [5.74, 6) is -0.517. The number of hydrogen-bond acceptors (Lipinski definition) is 9. The molecule has 0 unspecified atom stereocenters. The van der Waals surface area contributed by atoms with Crippen LogP contribution in [0.1, 0.15) is 42.6 Å². The Morgan fingerprint density at radius 3 is 2.41 bits per heavy atom. The Bertz CT molecular complexity index is 1310. The van der Waals surface area contributed by atoms with Crippen LogP contribution in [0, 0.1) is 13.8 Å². The summed E-state index contributed by atoms with van der Waals surface area (Å²) < 4.78 is 31.1. The first-order valence-corrected chi connectivity index (χ1v) is 12.5. The Hall–Kier alpha value is -3.53. The van der Waals surface area contributed by atoms with Gasteiger partial charge >= 0.3 is 5.97 Å². The highest BCUT2D eigenvalue weighted by Crippen LogP contribution is 2.42. The normalized spacial score (nSPS) is 15.1. The molecular weight excluding hydrogens is 454 g/mol. The predicted octanol–water partition coefficient (Wildman–Crippen LogP) is 3.64. The van der Waals surface area contributed by atoms with Crippen LogP contribution in [0.4, 0.5) is 17.6 Å². The lowest BCUT2D eigenvalue weighted by Crippen LogP contribution is -2.45. The molecule has 10 heteroatoms. The molecule has 1 heterocycles. The third-order valence-corrected chi connectivity index (χ3v) is 8.63. The van der Waals surface area contributed by atoms with Gasteiger partial charge in [-0.1, -0.05) is 37.1 Å². The molecule has 9 nitrogen and oxygen atoms in total.